The first-order valence-corrected chi connectivity index (χ1v) is 13.2. The van der Waals surface area contributed by atoms with E-state index in [-0.39, 0.29) is 23.5 Å². The largest absolute Gasteiger partial charge is 0.494 e. The van der Waals surface area contributed by atoms with Gasteiger partial charge in [-0.15, -0.1) is 0 Å². The average Bonchev–Trinajstić information content (AvgIpc) is 2.83. The zero-order chi connectivity index (χ0) is 28.3. The number of rotatable bonds is 13. The lowest BCUT2D eigenvalue weighted by atomic mass is 9.50. The molecule has 2 aromatic rings. The van der Waals surface area contributed by atoms with Gasteiger partial charge in [0.15, 0.2) is 0 Å². The fourth-order valence-corrected chi connectivity index (χ4v) is 4.87. The molecule has 11 nitrogen and oxygen atoms in total. The first-order chi connectivity index (χ1) is 18.5. The Morgan fingerprint density at radius 1 is 1.18 bits per heavy atom. The summed E-state index contributed by atoms with van der Waals surface area (Å²) in [5, 5.41) is 9.59. The number of aromatic nitrogens is 2. The summed E-state index contributed by atoms with van der Waals surface area (Å²) >= 11 is 0. The maximum absolute atomic E-state index is 12.8. The number of esters is 1. The molecule has 3 saturated carbocycles. The number of likely N-dealkylation sites (N-methyl/N-ethyl adjacent to an activating group) is 2. The van der Waals surface area contributed by atoms with Gasteiger partial charge in [-0.1, -0.05) is 6.58 Å². The van der Waals surface area contributed by atoms with Crippen LogP contribution >= 0.6 is 0 Å². The standard InChI is InChI=1S/C28H39N7O4/c1-8-24(36)30-20-11-21(23(38-7)12-22(20)35(6)10-9-34(4)5)31-27-29-16-19(26(37)39-17(2)3)25(32-27)33-28-13-18(14-28)15-28/h8,11-12,16-18H,1,9-10,13-15H2,2-7H3,(H,30,36)(H2,29,31,32,33). The number of carbonyl (C=O) groups is 2. The highest BCUT2D eigenvalue weighted by Gasteiger charge is 2.57. The van der Waals surface area contributed by atoms with Crippen LogP contribution in [0.25, 0.3) is 0 Å². The molecular formula is C28H39N7O4. The lowest BCUT2D eigenvalue weighted by molar-refractivity contribution is -0.111. The lowest BCUT2D eigenvalue weighted by Crippen LogP contribution is -2.63. The van der Waals surface area contributed by atoms with Crippen molar-refractivity contribution in [3.8, 4) is 5.75 Å². The van der Waals surface area contributed by atoms with Gasteiger partial charge in [-0.2, -0.15) is 4.98 Å². The fourth-order valence-electron chi connectivity index (χ4n) is 4.87. The van der Waals surface area contributed by atoms with Crippen molar-refractivity contribution in [2.75, 3.05) is 62.2 Å². The van der Waals surface area contributed by atoms with E-state index in [0.717, 1.165) is 44.0 Å². The Balaban J connectivity index is 1.67. The summed E-state index contributed by atoms with van der Waals surface area (Å²) < 4.78 is 11.1. The van der Waals surface area contributed by atoms with Crippen LogP contribution in [0.1, 0.15) is 43.5 Å². The molecule has 1 aromatic heterocycles. The molecule has 5 rings (SSSR count). The highest BCUT2D eigenvalue weighted by molar-refractivity contribution is 6.02. The summed E-state index contributed by atoms with van der Waals surface area (Å²) in [5.41, 5.74) is 2.20. The summed E-state index contributed by atoms with van der Waals surface area (Å²) in [6.07, 6.45) is 5.65. The summed E-state index contributed by atoms with van der Waals surface area (Å²) in [4.78, 5) is 38.2. The summed E-state index contributed by atoms with van der Waals surface area (Å²) in [7, 11) is 7.54. The van der Waals surface area contributed by atoms with E-state index in [1.165, 1.54) is 12.3 Å². The van der Waals surface area contributed by atoms with E-state index in [1.807, 2.05) is 32.1 Å². The third-order valence-electron chi connectivity index (χ3n) is 7.07. The first kappa shape index (κ1) is 28.2. The number of ether oxygens (including phenoxy) is 2. The zero-order valence-electron chi connectivity index (χ0n) is 23.6. The van der Waals surface area contributed by atoms with Crippen LogP contribution < -0.4 is 25.6 Å². The van der Waals surface area contributed by atoms with Crippen molar-refractivity contribution in [3.63, 3.8) is 0 Å². The molecule has 0 aliphatic heterocycles. The van der Waals surface area contributed by atoms with Crippen LogP contribution in [0.2, 0.25) is 0 Å². The number of hydrogen-bond donors (Lipinski definition) is 3. The quantitative estimate of drug-likeness (QED) is 0.256. The Morgan fingerprint density at radius 2 is 1.90 bits per heavy atom. The van der Waals surface area contributed by atoms with E-state index in [0.29, 0.717) is 28.5 Å². The van der Waals surface area contributed by atoms with Crippen molar-refractivity contribution < 1.29 is 19.1 Å². The molecule has 3 aliphatic rings. The lowest BCUT2D eigenvalue weighted by Gasteiger charge is -2.62. The first-order valence-electron chi connectivity index (χ1n) is 13.2. The third kappa shape index (κ3) is 6.42. The molecule has 0 atom stereocenters. The monoisotopic (exact) mass is 537 g/mol. The number of benzene rings is 1. The van der Waals surface area contributed by atoms with Gasteiger partial charge in [-0.05, 0) is 65.3 Å². The third-order valence-corrected chi connectivity index (χ3v) is 7.07. The molecule has 1 aromatic carbocycles. The molecule has 11 heteroatoms. The van der Waals surface area contributed by atoms with Crippen molar-refractivity contribution in [3.05, 3.63) is 36.5 Å². The maximum Gasteiger partial charge on any atom is 0.343 e. The predicted octanol–water partition coefficient (Wildman–Crippen LogP) is 3.88. The minimum absolute atomic E-state index is 0.0121. The van der Waals surface area contributed by atoms with Crippen LogP contribution in [0.5, 0.6) is 5.75 Å². The SMILES string of the molecule is C=CC(=O)Nc1cc(Nc2ncc(C(=O)OC(C)C)c(NC34CC(C3)C4)n2)c(OC)cc1N(C)CCN(C)C. The Kier molecular flexibility index (Phi) is 8.29. The van der Waals surface area contributed by atoms with Crippen molar-refractivity contribution in [1.29, 1.82) is 0 Å². The average molecular weight is 538 g/mol. The minimum atomic E-state index is -0.470. The second-order valence-electron chi connectivity index (χ2n) is 10.9. The molecular weight excluding hydrogens is 498 g/mol. The van der Waals surface area contributed by atoms with Gasteiger partial charge in [-0.3, -0.25) is 4.79 Å². The Morgan fingerprint density at radius 3 is 2.46 bits per heavy atom. The van der Waals surface area contributed by atoms with Crippen molar-refractivity contribution >= 4 is 40.7 Å². The molecule has 0 radical (unpaired) electrons. The van der Waals surface area contributed by atoms with Gasteiger partial charge >= 0.3 is 5.97 Å². The van der Waals surface area contributed by atoms with Crippen LogP contribution in [0.15, 0.2) is 31.0 Å². The Hall–Kier alpha value is -3.86. The van der Waals surface area contributed by atoms with Gasteiger partial charge in [0.1, 0.15) is 17.1 Å². The number of nitrogens with zero attached hydrogens (tertiary/aromatic N) is 4. The van der Waals surface area contributed by atoms with E-state index in [4.69, 9.17) is 9.47 Å². The van der Waals surface area contributed by atoms with Crippen LogP contribution in [-0.2, 0) is 9.53 Å². The van der Waals surface area contributed by atoms with Crippen molar-refractivity contribution in [2.45, 2.75) is 44.8 Å². The number of methoxy groups -OCH3 is 1. The van der Waals surface area contributed by atoms with E-state index in [9.17, 15) is 9.59 Å². The molecule has 2 bridgehead atoms. The highest BCUT2D eigenvalue weighted by atomic mass is 16.5. The maximum atomic E-state index is 12.8. The van der Waals surface area contributed by atoms with Gasteiger partial charge in [-0.25, -0.2) is 9.78 Å². The number of hydrogen-bond acceptors (Lipinski definition) is 10. The summed E-state index contributed by atoms with van der Waals surface area (Å²) in [5.74, 6) is 1.21. The normalized spacial score (nSPS) is 19.0. The highest BCUT2D eigenvalue weighted by Crippen LogP contribution is 2.58. The van der Waals surface area contributed by atoms with Gasteiger partial charge in [0.05, 0.1) is 30.3 Å². The Labute approximate surface area is 230 Å². The minimum Gasteiger partial charge on any atom is -0.494 e. The van der Waals surface area contributed by atoms with Gasteiger partial charge in [0.25, 0.3) is 0 Å². The Bertz CT molecular complexity index is 1230. The van der Waals surface area contributed by atoms with E-state index >= 15 is 0 Å². The molecule has 39 heavy (non-hydrogen) atoms. The number of anilines is 5. The molecule has 0 spiro atoms. The van der Waals surface area contributed by atoms with E-state index in [2.05, 4.69) is 37.4 Å². The molecule has 0 unspecified atom stereocenters. The molecule has 1 heterocycles. The van der Waals surface area contributed by atoms with Crippen LogP contribution in [0.4, 0.5) is 28.8 Å². The van der Waals surface area contributed by atoms with Crippen LogP contribution in [0.3, 0.4) is 0 Å². The van der Waals surface area contributed by atoms with Gasteiger partial charge in [0.2, 0.25) is 11.9 Å². The zero-order valence-corrected chi connectivity index (χ0v) is 23.6. The second-order valence-corrected chi connectivity index (χ2v) is 10.9. The number of nitrogens with one attached hydrogen (secondary N) is 3. The number of amides is 1. The molecule has 3 fully saturated rings. The summed E-state index contributed by atoms with van der Waals surface area (Å²) in [6.45, 7) is 8.74. The van der Waals surface area contributed by atoms with Gasteiger partial charge < -0.3 is 35.2 Å². The number of carbonyl (C=O) groups excluding carboxylic acids is 2. The van der Waals surface area contributed by atoms with Crippen molar-refractivity contribution in [2.24, 2.45) is 5.92 Å². The fraction of sp³-hybridized carbons (Fsp3) is 0.500. The second kappa shape index (κ2) is 11.5. The smallest absolute Gasteiger partial charge is 0.343 e. The van der Waals surface area contributed by atoms with Gasteiger partial charge in [0, 0.05) is 37.9 Å². The molecule has 0 saturated heterocycles. The topological polar surface area (TPSA) is 121 Å². The van der Waals surface area contributed by atoms with Crippen LogP contribution in [0, 0.1) is 5.92 Å². The van der Waals surface area contributed by atoms with Crippen LogP contribution in [-0.4, -0.2) is 79.7 Å². The van der Waals surface area contributed by atoms with E-state index < -0.39 is 5.97 Å². The molecule has 3 N–H and O–H groups in total. The van der Waals surface area contributed by atoms with E-state index in [1.54, 1.807) is 27.0 Å². The summed E-state index contributed by atoms with van der Waals surface area (Å²) in [6, 6.07) is 3.63. The molecule has 210 valence electrons. The molecule has 3 aliphatic carbocycles. The van der Waals surface area contributed by atoms with Crippen molar-refractivity contribution in [1.82, 2.24) is 14.9 Å². The predicted molar refractivity (Wildman–Crippen MR) is 153 cm³/mol. The molecule has 1 amide bonds.